The summed E-state index contributed by atoms with van der Waals surface area (Å²) >= 11 is 0. The van der Waals surface area contributed by atoms with Gasteiger partial charge in [-0.05, 0) is 30.6 Å². The van der Waals surface area contributed by atoms with Crippen molar-refractivity contribution >= 4 is 0 Å². The van der Waals surface area contributed by atoms with Crippen molar-refractivity contribution in [2.24, 2.45) is 17.8 Å². The van der Waals surface area contributed by atoms with Gasteiger partial charge < -0.3 is 0 Å². The Kier molecular flexibility index (Phi) is 2.15. The van der Waals surface area contributed by atoms with Crippen molar-refractivity contribution in [3.63, 3.8) is 0 Å². The van der Waals surface area contributed by atoms with Crippen LogP contribution in [0.3, 0.4) is 0 Å². The Labute approximate surface area is 58.7 Å². The SMILES string of the molecule is CC[C@H]1C[C@@H](C)CC1C. The summed E-state index contributed by atoms with van der Waals surface area (Å²) in [6, 6.07) is 0. The zero-order valence-electron chi connectivity index (χ0n) is 6.85. The topological polar surface area (TPSA) is 0 Å². The van der Waals surface area contributed by atoms with Gasteiger partial charge in [0.2, 0.25) is 0 Å². The fourth-order valence-electron chi connectivity index (χ4n) is 2.24. The second-order valence-electron chi connectivity index (χ2n) is 3.72. The van der Waals surface area contributed by atoms with Gasteiger partial charge in [-0.25, -0.2) is 0 Å². The van der Waals surface area contributed by atoms with Crippen LogP contribution in [0, 0.1) is 17.8 Å². The molecule has 1 aliphatic carbocycles. The van der Waals surface area contributed by atoms with Crippen LogP contribution in [0.25, 0.3) is 0 Å². The van der Waals surface area contributed by atoms with Crippen LogP contribution in [-0.4, -0.2) is 0 Å². The molecule has 3 atom stereocenters. The minimum atomic E-state index is 1.00. The predicted octanol–water partition coefficient (Wildman–Crippen LogP) is 3.08. The number of hydrogen-bond donors (Lipinski definition) is 0. The van der Waals surface area contributed by atoms with Crippen LogP contribution in [0.5, 0.6) is 0 Å². The lowest BCUT2D eigenvalue weighted by molar-refractivity contribution is 0.406. The number of hydrogen-bond acceptors (Lipinski definition) is 0. The Hall–Kier alpha value is 0. The molecule has 54 valence electrons. The molecule has 0 aromatic heterocycles. The van der Waals surface area contributed by atoms with Gasteiger partial charge in [0.15, 0.2) is 0 Å². The largest absolute Gasteiger partial charge is 0.0651 e. The van der Waals surface area contributed by atoms with Gasteiger partial charge in [0.1, 0.15) is 0 Å². The van der Waals surface area contributed by atoms with Gasteiger partial charge in [0.25, 0.3) is 0 Å². The average Bonchev–Trinajstić information content (AvgIpc) is 2.10. The molecule has 0 nitrogen and oxygen atoms in total. The molecule has 0 saturated heterocycles. The van der Waals surface area contributed by atoms with Gasteiger partial charge in [0, 0.05) is 0 Å². The molecule has 0 aliphatic heterocycles. The summed E-state index contributed by atoms with van der Waals surface area (Å²) in [4.78, 5) is 0. The summed E-state index contributed by atoms with van der Waals surface area (Å²) in [7, 11) is 0. The van der Waals surface area contributed by atoms with Crippen molar-refractivity contribution in [3.05, 3.63) is 0 Å². The van der Waals surface area contributed by atoms with Crippen LogP contribution >= 0.6 is 0 Å². The molecule has 1 saturated carbocycles. The molecule has 0 aromatic carbocycles. The lowest BCUT2D eigenvalue weighted by Gasteiger charge is -2.10. The third-order valence-corrected chi connectivity index (χ3v) is 2.81. The average molecular weight is 126 g/mol. The van der Waals surface area contributed by atoms with E-state index in [0.29, 0.717) is 0 Å². The molecule has 0 heteroatoms. The first-order valence-electron chi connectivity index (χ1n) is 4.24. The highest BCUT2D eigenvalue weighted by molar-refractivity contribution is 4.77. The summed E-state index contributed by atoms with van der Waals surface area (Å²) in [6.07, 6.45) is 4.35. The maximum atomic E-state index is 2.40. The van der Waals surface area contributed by atoms with E-state index in [2.05, 4.69) is 20.8 Å². The molecule has 9 heavy (non-hydrogen) atoms. The van der Waals surface area contributed by atoms with Crippen LogP contribution < -0.4 is 0 Å². The third kappa shape index (κ3) is 1.47. The van der Waals surface area contributed by atoms with E-state index >= 15 is 0 Å². The quantitative estimate of drug-likeness (QED) is 0.506. The molecular formula is C9H18. The van der Waals surface area contributed by atoms with Crippen LogP contribution in [0.1, 0.15) is 40.0 Å². The van der Waals surface area contributed by atoms with Crippen LogP contribution in [0.15, 0.2) is 0 Å². The molecule has 1 aliphatic rings. The maximum absolute atomic E-state index is 2.40. The summed E-state index contributed by atoms with van der Waals surface area (Å²) in [5.41, 5.74) is 0. The smallest absolute Gasteiger partial charge is 0.0388 e. The van der Waals surface area contributed by atoms with Gasteiger partial charge in [-0.3, -0.25) is 0 Å². The lowest BCUT2D eigenvalue weighted by Crippen LogP contribution is -2.00. The van der Waals surface area contributed by atoms with E-state index in [-0.39, 0.29) is 0 Å². The zero-order valence-corrected chi connectivity index (χ0v) is 6.85. The summed E-state index contributed by atoms with van der Waals surface area (Å²) in [5, 5.41) is 0. The highest BCUT2D eigenvalue weighted by atomic mass is 14.3. The zero-order chi connectivity index (χ0) is 6.85. The van der Waals surface area contributed by atoms with E-state index < -0.39 is 0 Å². The van der Waals surface area contributed by atoms with Gasteiger partial charge >= 0.3 is 0 Å². The molecular weight excluding hydrogens is 108 g/mol. The van der Waals surface area contributed by atoms with E-state index in [4.69, 9.17) is 0 Å². The highest BCUT2D eigenvalue weighted by Crippen LogP contribution is 2.37. The first-order valence-corrected chi connectivity index (χ1v) is 4.24. The Balaban J connectivity index is 2.38. The van der Waals surface area contributed by atoms with Gasteiger partial charge in [-0.2, -0.15) is 0 Å². The molecule has 0 bridgehead atoms. The second-order valence-corrected chi connectivity index (χ2v) is 3.72. The summed E-state index contributed by atoms with van der Waals surface area (Å²) in [5.74, 6) is 3.05. The Morgan fingerprint density at radius 1 is 1.22 bits per heavy atom. The summed E-state index contributed by atoms with van der Waals surface area (Å²) in [6.45, 7) is 7.10. The van der Waals surface area contributed by atoms with Gasteiger partial charge in [0.05, 0.1) is 0 Å². The minimum Gasteiger partial charge on any atom is -0.0651 e. The molecule has 0 amide bonds. The molecule has 1 fully saturated rings. The van der Waals surface area contributed by atoms with E-state index in [9.17, 15) is 0 Å². The fraction of sp³-hybridized carbons (Fsp3) is 1.00. The lowest BCUT2D eigenvalue weighted by atomic mass is 9.96. The van der Waals surface area contributed by atoms with Crippen molar-refractivity contribution in [2.75, 3.05) is 0 Å². The molecule has 0 radical (unpaired) electrons. The van der Waals surface area contributed by atoms with E-state index in [0.717, 1.165) is 17.8 Å². The molecule has 0 heterocycles. The Morgan fingerprint density at radius 2 is 1.89 bits per heavy atom. The summed E-state index contributed by atoms with van der Waals surface area (Å²) < 4.78 is 0. The molecule has 1 unspecified atom stereocenters. The van der Waals surface area contributed by atoms with Crippen LogP contribution in [-0.2, 0) is 0 Å². The Morgan fingerprint density at radius 3 is 2.11 bits per heavy atom. The monoisotopic (exact) mass is 126 g/mol. The fourth-order valence-corrected chi connectivity index (χ4v) is 2.24. The Bertz CT molecular complexity index is 86.0. The molecule has 1 rings (SSSR count). The standard InChI is InChI=1S/C9H18/c1-4-9-6-7(2)5-8(9)3/h7-9H,4-6H2,1-3H3/t7-,8?,9-/m0/s1. The molecule has 0 N–H and O–H groups in total. The van der Waals surface area contributed by atoms with Crippen molar-refractivity contribution in [1.82, 2.24) is 0 Å². The molecule has 0 spiro atoms. The molecule has 0 aromatic rings. The van der Waals surface area contributed by atoms with Crippen molar-refractivity contribution in [3.8, 4) is 0 Å². The predicted molar refractivity (Wildman–Crippen MR) is 41.3 cm³/mol. The van der Waals surface area contributed by atoms with Gasteiger partial charge in [-0.1, -0.05) is 27.2 Å². The van der Waals surface area contributed by atoms with Crippen molar-refractivity contribution in [1.29, 1.82) is 0 Å². The van der Waals surface area contributed by atoms with Crippen LogP contribution in [0.4, 0.5) is 0 Å². The third-order valence-electron chi connectivity index (χ3n) is 2.81. The highest BCUT2D eigenvalue weighted by Gasteiger charge is 2.26. The maximum Gasteiger partial charge on any atom is -0.0388 e. The van der Waals surface area contributed by atoms with Crippen molar-refractivity contribution < 1.29 is 0 Å². The minimum absolute atomic E-state index is 1.00. The van der Waals surface area contributed by atoms with E-state index in [1.807, 2.05) is 0 Å². The van der Waals surface area contributed by atoms with E-state index in [1.165, 1.54) is 19.3 Å². The number of rotatable bonds is 1. The van der Waals surface area contributed by atoms with E-state index in [1.54, 1.807) is 0 Å². The first-order chi connectivity index (χ1) is 4.24. The van der Waals surface area contributed by atoms with Crippen LogP contribution in [0.2, 0.25) is 0 Å². The van der Waals surface area contributed by atoms with Crippen molar-refractivity contribution in [2.45, 2.75) is 40.0 Å². The normalized spacial score (nSPS) is 43.7. The second kappa shape index (κ2) is 2.72. The van der Waals surface area contributed by atoms with Gasteiger partial charge in [-0.15, -0.1) is 0 Å². The first kappa shape index (κ1) is 7.11.